The highest BCUT2D eigenvalue weighted by atomic mass is 16.3. The van der Waals surface area contributed by atoms with Gasteiger partial charge in [0.2, 0.25) is 0 Å². The number of likely N-dealkylation sites (tertiary alicyclic amines) is 1. The fourth-order valence-corrected chi connectivity index (χ4v) is 3.13. The molecule has 0 aliphatic carbocycles. The number of carbonyl (C=O) groups is 1. The van der Waals surface area contributed by atoms with Crippen molar-refractivity contribution in [2.45, 2.75) is 25.9 Å². The molecule has 120 valence electrons. The molecule has 1 fully saturated rings. The first-order valence-electron chi connectivity index (χ1n) is 8.14. The number of amides is 1. The van der Waals surface area contributed by atoms with Crippen LogP contribution in [0.1, 0.15) is 34.3 Å². The predicted octanol–water partition coefficient (Wildman–Crippen LogP) is 2.67. The molecule has 3 rings (SSSR count). The molecule has 1 aliphatic heterocycles. The first-order chi connectivity index (χ1) is 11.3. The quantitative estimate of drug-likeness (QED) is 0.944. The summed E-state index contributed by atoms with van der Waals surface area (Å²) in [4.78, 5) is 18.3. The Balaban J connectivity index is 1.53. The van der Waals surface area contributed by atoms with E-state index in [1.807, 2.05) is 17.0 Å². The second kappa shape index (κ2) is 7.38. The van der Waals surface area contributed by atoms with Crippen LogP contribution in [0, 0.1) is 5.92 Å². The zero-order valence-electron chi connectivity index (χ0n) is 13.2. The van der Waals surface area contributed by atoms with E-state index in [0.29, 0.717) is 5.92 Å². The second-order valence-corrected chi connectivity index (χ2v) is 6.15. The lowest BCUT2D eigenvalue weighted by molar-refractivity contribution is 0.0690. The van der Waals surface area contributed by atoms with Crippen molar-refractivity contribution < 1.29 is 9.90 Å². The average molecular weight is 310 g/mol. The third-order valence-corrected chi connectivity index (χ3v) is 4.56. The Labute approximate surface area is 136 Å². The summed E-state index contributed by atoms with van der Waals surface area (Å²) in [5.41, 5.74) is 2.98. The summed E-state index contributed by atoms with van der Waals surface area (Å²) >= 11 is 0. The van der Waals surface area contributed by atoms with Crippen LogP contribution in [0.5, 0.6) is 0 Å². The summed E-state index contributed by atoms with van der Waals surface area (Å²) in [7, 11) is 0. The van der Waals surface area contributed by atoms with Crippen molar-refractivity contribution in [2.24, 2.45) is 5.92 Å². The van der Waals surface area contributed by atoms with Gasteiger partial charge in [-0.3, -0.25) is 9.78 Å². The Morgan fingerprint density at radius 2 is 1.65 bits per heavy atom. The van der Waals surface area contributed by atoms with Crippen LogP contribution in [0.2, 0.25) is 0 Å². The lowest BCUT2D eigenvalue weighted by Crippen LogP contribution is -2.38. The molecule has 2 heterocycles. The van der Waals surface area contributed by atoms with Crippen molar-refractivity contribution >= 4 is 5.91 Å². The number of hydrogen-bond donors (Lipinski definition) is 1. The van der Waals surface area contributed by atoms with E-state index in [1.54, 1.807) is 24.5 Å². The fraction of sp³-hybridized carbons (Fsp3) is 0.368. The number of nitrogens with zero attached hydrogens (tertiary/aromatic N) is 2. The van der Waals surface area contributed by atoms with Gasteiger partial charge >= 0.3 is 0 Å². The monoisotopic (exact) mass is 310 g/mol. The first-order valence-corrected chi connectivity index (χ1v) is 8.14. The molecule has 0 atom stereocenters. The summed E-state index contributed by atoms with van der Waals surface area (Å²) in [6, 6.07) is 11.7. The van der Waals surface area contributed by atoms with Crippen LogP contribution in [-0.4, -0.2) is 34.0 Å². The number of pyridine rings is 1. The molecule has 2 aromatic rings. The molecule has 4 nitrogen and oxygen atoms in total. The van der Waals surface area contributed by atoms with Crippen molar-refractivity contribution in [1.29, 1.82) is 0 Å². The number of aliphatic hydroxyl groups is 1. The van der Waals surface area contributed by atoms with Crippen molar-refractivity contribution in [3.8, 4) is 0 Å². The maximum absolute atomic E-state index is 12.4. The molecule has 1 saturated heterocycles. The molecule has 1 aromatic carbocycles. The molecule has 0 spiro atoms. The smallest absolute Gasteiger partial charge is 0.253 e. The maximum atomic E-state index is 12.4. The number of benzene rings is 1. The van der Waals surface area contributed by atoms with Crippen LogP contribution >= 0.6 is 0 Å². The van der Waals surface area contributed by atoms with Gasteiger partial charge in [-0.25, -0.2) is 0 Å². The standard InChI is InChI=1S/C19H22N2O2/c22-14-17-3-1-15(2-4-17)13-16-7-11-21(12-8-16)19(23)18-5-9-20-10-6-18/h1-6,9-10,16,22H,7-8,11-14H2. The van der Waals surface area contributed by atoms with Gasteiger partial charge in [0.25, 0.3) is 5.91 Å². The van der Waals surface area contributed by atoms with E-state index in [9.17, 15) is 4.79 Å². The van der Waals surface area contributed by atoms with E-state index in [0.717, 1.165) is 43.5 Å². The number of rotatable bonds is 4. The van der Waals surface area contributed by atoms with Gasteiger partial charge < -0.3 is 10.0 Å². The molecular weight excluding hydrogens is 288 g/mol. The van der Waals surface area contributed by atoms with Crippen molar-refractivity contribution in [3.05, 3.63) is 65.5 Å². The van der Waals surface area contributed by atoms with Crippen LogP contribution in [0.3, 0.4) is 0 Å². The SMILES string of the molecule is O=C(c1ccncc1)N1CCC(Cc2ccc(CO)cc2)CC1. The van der Waals surface area contributed by atoms with Crippen LogP contribution in [0.15, 0.2) is 48.8 Å². The van der Waals surface area contributed by atoms with E-state index < -0.39 is 0 Å². The van der Waals surface area contributed by atoms with E-state index in [-0.39, 0.29) is 12.5 Å². The number of piperidine rings is 1. The molecule has 1 aromatic heterocycles. The summed E-state index contributed by atoms with van der Waals surface area (Å²) in [6.07, 6.45) is 6.45. The van der Waals surface area contributed by atoms with Crippen molar-refractivity contribution in [2.75, 3.05) is 13.1 Å². The summed E-state index contributed by atoms with van der Waals surface area (Å²) in [6.45, 7) is 1.73. The van der Waals surface area contributed by atoms with Crippen LogP contribution in [-0.2, 0) is 13.0 Å². The molecule has 23 heavy (non-hydrogen) atoms. The van der Waals surface area contributed by atoms with Gasteiger partial charge in [0.05, 0.1) is 6.61 Å². The summed E-state index contributed by atoms with van der Waals surface area (Å²) < 4.78 is 0. The largest absolute Gasteiger partial charge is 0.392 e. The maximum Gasteiger partial charge on any atom is 0.253 e. The molecule has 0 radical (unpaired) electrons. The number of aromatic nitrogens is 1. The van der Waals surface area contributed by atoms with Gasteiger partial charge in [-0.05, 0) is 48.4 Å². The Morgan fingerprint density at radius 1 is 1.04 bits per heavy atom. The summed E-state index contributed by atoms with van der Waals surface area (Å²) in [5.74, 6) is 0.731. The van der Waals surface area contributed by atoms with Gasteiger partial charge in [0.15, 0.2) is 0 Å². The lowest BCUT2D eigenvalue weighted by atomic mass is 9.89. The zero-order chi connectivity index (χ0) is 16.1. The third kappa shape index (κ3) is 3.96. The highest BCUT2D eigenvalue weighted by Gasteiger charge is 2.23. The Bertz CT molecular complexity index is 632. The molecule has 1 aliphatic rings. The van der Waals surface area contributed by atoms with Gasteiger partial charge in [0.1, 0.15) is 0 Å². The Morgan fingerprint density at radius 3 is 2.26 bits per heavy atom. The average Bonchev–Trinajstić information content (AvgIpc) is 2.63. The predicted molar refractivity (Wildman–Crippen MR) is 88.9 cm³/mol. The third-order valence-electron chi connectivity index (χ3n) is 4.56. The lowest BCUT2D eigenvalue weighted by Gasteiger charge is -2.32. The van der Waals surface area contributed by atoms with Crippen molar-refractivity contribution in [3.63, 3.8) is 0 Å². The number of hydrogen-bond acceptors (Lipinski definition) is 3. The minimum absolute atomic E-state index is 0.0930. The van der Waals surface area contributed by atoms with Gasteiger partial charge in [-0.15, -0.1) is 0 Å². The zero-order valence-corrected chi connectivity index (χ0v) is 13.2. The van der Waals surface area contributed by atoms with E-state index >= 15 is 0 Å². The van der Waals surface area contributed by atoms with Gasteiger partial charge in [-0.2, -0.15) is 0 Å². The van der Waals surface area contributed by atoms with E-state index in [1.165, 1.54) is 5.56 Å². The fourth-order valence-electron chi connectivity index (χ4n) is 3.13. The summed E-state index contributed by atoms with van der Waals surface area (Å²) in [5, 5.41) is 9.08. The topological polar surface area (TPSA) is 53.4 Å². The number of carbonyl (C=O) groups excluding carboxylic acids is 1. The Kier molecular flexibility index (Phi) is 5.03. The first kappa shape index (κ1) is 15.7. The van der Waals surface area contributed by atoms with Gasteiger partial charge in [0, 0.05) is 31.0 Å². The molecule has 0 unspecified atom stereocenters. The Hall–Kier alpha value is -2.20. The van der Waals surface area contributed by atoms with Gasteiger partial charge in [-0.1, -0.05) is 24.3 Å². The highest BCUT2D eigenvalue weighted by molar-refractivity contribution is 5.94. The van der Waals surface area contributed by atoms with E-state index in [4.69, 9.17) is 5.11 Å². The minimum atomic E-state index is 0.0930. The van der Waals surface area contributed by atoms with Crippen LogP contribution in [0.25, 0.3) is 0 Å². The second-order valence-electron chi connectivity index (χ2n) is 6.15. The molecule has 0 saturated carbocycles. The molecular formula is C19H22N2O2. The molecule has 1 N–H and O–H groups in total. The minimum Gasteiger partial charge on any atom is -0.392 e. The molecule has 4 heteroatoms. The van der Waals surface area contributed by atoms with Crippen molar-refractivity contribution in [1.82, 2.24) is 9.88 Å². The van der Waals surface area contributed by atoms with Crippen LogP contribution in [0.4, 0.5) is 0 Å². The molecule has 1 amide bonds. The van der Waals surface area contributed by atoms with E-state index in [2.05, 4.69) is 17.1 Å². The highest BCUT2D eigenvalue weighted by Crippen LogP contribution is 2.23. The van der Waals surface area contributed by atoms with Crippen LogP contribution < -0.4 is 0 Å². The normalized spacial score (nSPS) is 15.6. The molecule has 0 bridgehead atoms. The number of aliphatic hydroxyl groups excluding tert-OH is 1.